The van der Waals surface area contributed by atoms with Gasteiger partial charge in [0.2, 0.25) is 5.91 Å². The average molecular weight is 270 g/mol. The van der Waals surface area contributed by atoms with Crippen LogP contribution in [-0.4, -0.2) is 41.5 Å². The summed E-state index contributed by atoms with van der Waals surface area (Å²) in [5.41, 5.74) is 5.71. The molecule has 0 aromatic carbocycles. The highest BCUT2D eigenvalue weighted by molar-refractivity contribution is 5.77. The van der Waals surface area contributed by atoms with Crippen molar-refractivity contribution in [3.63, 3.8) is 0 Å². The van der Waals surface area contributed by atoms with Crippen LogP contribution in [0.2, 0.25) is 0 Å². The Morgan fingerprint density at radius 2 is 1.89 bits per heavy atom. The van der Waals surface area contributed by atoms with Crippen molar-refractivity contribution in [1.29, 1.82) is 0 Å². The van der Waals surface area contributed by atoms with Crippen molar-refractivity contribution >= 4 is 11.9 Å². The van der Waals surface area contributed by atoms with Gasteiger partial charge in [-0.2, -0.15) is 0 Å². The molecule has 110 valence electrons. The third-order valence-corrected chi connectivity index (χ3v) is 3.80. The fourth-order valence-electron chi connectivity index (χ4n) is 2.68. The van der Waals surface area contributed by atoms with E-state index in [-0.39, 0.29) is 17.7 Å². The third-order valence-electron chi connectivity index (χ3n) is 3.80. The largest absolute Gasteiger partial charge is 0.481 e. The first kappa shape index (κ1) is 16.0. The van der Waals surface area contributed by atoms with Crippen LogP contribution in [0.25, 0.3) is 0 Å². The van der Waals surface area contributed by atoms with Crippen molar-refractivity contribution in [2.24, 2.45) is 23.5 Å². The molecule has 19 heavy (non-hydrogen) atoms. The van der Waals surface area contributed by atoms with E-state index in [1.165, 1.54) is 0 Å². The van der Waals surface area contributed by atoms with Crippen LogP contribution in [0.4, 0.5) is 0 Å². The number of piperidine rings is 1. The predicted octanol–water partition coefficient (Wildman–Crippen LogP) is 1.32. The number of aliphatic carboxylic acids is 1. The van der Waals surface area contributed by atoms with E-state index < -0.39 is 5.97 Å². The lowest BCUT2D eigenvalue weighted by atomic mass is 9.92. The van der Waals surface area contributed by atoms with Crippen molar-refractivity contribution in [2.75, 3.05) is 19.6 Å². The fourth-order valence-corrected chi connectivity index (χ4v) is 2.68. The highest BCUT2D eigenvalue weighted by atomic mass is 16.4. The van der Waals surface area contributed by atoms with Gasteiger partial charge in [0.1, 0.15) is 0 Å². The van der Waals surface area contributed by atoms with E-state index in [0.717, 1.165) is 6.42 Å². The number of carboxylic acids is 1. The molecule has 0 saturated carbocycles. The molecule has 0 radical (unpaired) electrons. The minimum Gasteiger partial charge on any atom is -0.481 e. The van der Waals surface area contributed by atoms with Crippen molar-refractivity contribution in [3.05, 3.63) is 0 Å². The minimum atomic E-state index is -0.744. The van der Waals surface area contributed by atoms with Gasteiger partial charge in [-0.05, 0) is 37.6 Å². The van der Waals surface area contributed by atoms with Gasteiger partial charge in [-0.1, -0.05) is 13.8 Å². The lowest BCUT2D eigenvalue weighted by molar-refractivity contribution is -0.145. The number of carboxylic acid groups (broad SMARTS) is 1. The van der Waals surface area contributed by atoms with Crippen LogP contribution in [0.15, 0.2) is 0 Å². The van der Waals surface area contributed by atoms with E-state index in [4.69, 9.17) is 10.8 Å². The summed E-state index contributed by atoms with van der Waals surface area (Å²) in [4.78, 5) is 24.8. The number of likely N-dealkylation sites (tertiary alicyclic amines) is 1. The van der Waals surface area contributed by atoms with Crippen LogP contribution >= 0.6 is 0 Å². The summed E-state index contributed by atoms with van der Waals surface area (Å²) in [6.07, 6.45) is 2.59. The fraction of sp³-hybridized carbons (Fsp3) is 0.857. The number of carbonyl (C=O) groups is 2. The third kappa shape index (κ3) is 5.19. The second kappa shape index (κ2) is 7.48. The van der Waals surface area contributed by atoms with Crippen LogP contribution < -0.4 is 5.73 Å². The molecule has 0 unspecified atom stereocenters. The van der Waals surface area contributed by atoms with Gasteiger partial charge in [-0.3, -0.25) is 9.59 Å². The zero-order chi connectivity index (χ0) is 14.4. The lowest BCUT2D eigenvalue weighted by Gasteiger charge is -2.31. The average Bonchev–Trinajstić information content (AvgIpc) is 2.37. The van der Waals surface area contributed by atoms with Crippen LogP contribution in [0, 0.1) is 17.8 Å². The molecule has 0 spiro atoms. The second-order valence-electron chi connectivity index (χ2n) is 5.93. The van der Waals surface area contributed by atoms with Crippen LogP contribution in [0.5, 0.6) is 0 Å². The second-order valence-corrected chi connectivity index (χ2v) is 5.93. The number of amides is 1. The van der Waals surface area contributed by atoms with Gasteiger partial charge < -0.3 is 15.7 Å². The summed E-state index contributed by atoms with van der Waals surface area (Å²) in [6.45, 7) is 5.93. The van der Waals surface area contributed by atoms with Crippen molar-refractivity contribution < 1.29 is 14.7 Å². The molecule has 1 saturated heterocycles. The Morgan fingerprint density at radius 3 is 2.32 bits per heavy atom. The molecular weight excluding hydrogens is 244 g/mol. The van der Waals surface area contributed by atoms with Gasteiger partial charge in [0.05, 0.1) is 5.92 Å². The first-order valence-electron chi connectivity index (χ1n) is 7.14. The van der Waals surface area contributed by atoms with Gasteiger partial charge in [-0.25, -0.2) is 0 Å². The number of hydrogen-bond acceptors (Lipinski definition) is 3. The Bertz CT molecular complexity index is 310. The smallest absolute Gasteiger partial charge is 0.306 e. The Labute approximate surface area is 115 Å². The Kier molecular flexibility index (Phi) is 6.28. The summed E-state index contributed by atoms with van der Waals surface area (Å²) >= 11 is 0. The number of rotatable bonds is 6. The van der Waals surface area contributed by atoms with E-state index in [2.05, 4.69) is 13.8 Å². The minimum absolute atomic E-state index is 0.125. The topological polar surface area (TPSA) is 83.6 Å². The van der Waals surface area contributed by atoms with Crippen LogP contribution in [0.1, 0.15) is 39.5 Å². The van der Waals surface area contributed by atoms with Crippen molar-refractivity contribution in [2.45, 2.75) is 39.5 Å². The SMILES string of the molecule is CC(C)C[C@H](CN)CC(=O)N1CCC(C(=O)O)CC1. The normalized spacial score (nSPS) is 18.6. The number of carbonyl (C=O) groups excluding carboxylic acids is 1. The maximum atomic E-state index is 12.1. The Morgan fingerprint density at radius 1 is 1.32 bits per heavy atom. The lowest BCUT2D eigenvalue weighted by Crippen LogP contribution is -2.41. The molecule has 5 nitrogen and oxygen atoms in total. The highest BCUT2D eigenvalue weighted by Gasteiger charge is 2.27. The van der Waals surface area contributed by atoms with Crippen molar-refractivity contribution in [1.82, 2.24) is 4.90 Å². The molecule has 3 N–H and O–H groups in total. The van der Waals surface area contributed by atoms with E-state index in [0.29, 0.717) is 44.8 Å². The zero-order valence-corrected chi connectivity index (χ0v) is 12.0. The number of hydrogen-bond donors (Lipinski definition) is 2. The van der Waals surface area contributed by atoms with Crippen molar-refractivity contribution in [3.8, 4) is 0 Å². The molecule has 1 rings (SSSR count). The maximum Gasteiger partial charge on any atom is 0.306 e. The first-order valence-corrected chi connectivity index (χ1v) is 7.14. The molecule has 1 fully saturated rings. The summed E-state index contributed by atoms with van der Waals surface area (Å²) in [5.74, 6) is -0.125. The molecule has 1 atom stereocenters. The molecule has 1 heterocycles. The van der Waals surface area contributed by atoms with Gasteiger partial charge >= 0.3 is 5.97 Å². The molecule has 1 aliphatic rings. The van der Waals surface area contributed by atoms with Gasteiger partial charge in [-0.15, -0.1) is 0 Å². The maximum absolute atomic E-state index is 12.1. The molecule has 0 aromatic heterocycles. The quantitative estimate of drug-likeness (QED) is 0.762. The number of nitrogens with zero attached hydrogens (tertiary/aromatic N) is 1. The first-order chi connectivity index (χ1) is 8.93. The monoisotopic (exact) mass is 270 g/mol. The standard InChI is InChI=1S/C14H26N2O3/c1-10(2)7-11(9-15)8-13(17)16-5-3-12(4-6-16)14(18)19/h10-12H,3-9,15H2,1-2H3,(H,18,19)/t11-/m0/s1. The molecule has 0 aromatic rings. The van der Waals surface area contributed by atoms with E-state index in [1.807, 2.05) is 0 Å². The molecule has 0 aliphatic carbocycles. The van der Waals surface area contributed by atoms with Gasteiger partial charge in [0.15, 0.2) is 0 Å². The summed E-state index contributed by atoms with van der Waals surface area (Å²) < 4.78 is 0. The molecule has 1 amide bonds. The summed E-state index contributed by atoms with van der Waals surface area (Å²) in [6, 6.07) is 0. The summed E-state index contributed by atoms with van der Waals surface area (Å²) in [5, 5.41) is 8.93. The number of nitrogens with two attached hydrogens (primary N) is 1. The van der Waals surface area contributed by atoms with Gasteiger partial charge in [0, 0.05) is 19.5 Å². The highest BCUT2D eigenvalue weighted by Crippen LogP contribution is 2.20. The van der Waals surface area contributed by atoms with Crippen LogP contribution in [0.3, 0.4) is 0 Å². The molecule has 0 bridgehead atoms. The molecule has 1 aliphatic heterocycles. The van der Waals surface area contributed by atoms with E-state index in [9.17, 15) is 9.59 Å². The predicted molar refractivity (Wildman–Crippen MR) is 73.6 cm³/mol. The zero-order valence-electron chi connectivity index (χ0n) is 12.0. The summed E-state index contributed by atoms with van der Waals surface area (Å²) in [7, 11) is 0. The Balaban J connectivity index is 2.40. The molecule has 5 heteroatoms. The van der Waals surface area contributed by atoms with Gasteiger partial charge in [0.25, 0.3) is 0 Å². The van der Waals surface area contributed by atoms with E-state index in [1.54, 1.807) is 4.90 Å². The van der Waals surface area contributed by atoms with Crippen LogP contribution in [-0.2, 0) is 9.59 Å². The molecular formula is C14H26N2O3. The Hall–Kier alpha value is -1.10. The van der Waals surface area contributed by atoms with E-state index >= 15 is 0 Å².